The molecule has 17 unspecified atom stereocenters. The van der Waals surface area contributed by atoms with Gasteiger partial charge in [0.2, 0.25) is 5.91 Å². The molecule has 3 rings (SSSR count). The van der Waals surface area contributed by atoms with E-state index in [1.54, 1.807) is 6.08 Å². The van der Waals surface area contributed by atoms with Gasteiger partial charge in [-0.1, -0.05) is 276 Å². The predicted molar refractivity (Wildman–Crippen MR) is 342 cm³/mol. The number of unbranched alkanes of at least 4 members (excludes halogenated alkanes) is 40. The van der Waals surface area contributed by atoms with Gasteiger partial charge in [-0.15, -0.1) is 0 Å². The summed E-state index contributed by atoms with van der Waals surface area (Å²) in [7, 11) is 0. The van der Waals surface area contributed by atoms with Crippen LogP contribution in [-0.4, -0.2) is 193 Å². The number of rotatable bonds is 56. The molecule has 0 spiro atoms. The minimum atomic E-state index is -1.97. The molecule has 0 bridgehead atoms. The third kappa shape index (κ3) is 33.6. The molecule has 3 aliphatic rings. The van der Waals surface area contributed by atoms with Crippen molar-refractivity contribution in [3.63, 3.8) is 0 Å². The van der Waals surface area contributed by atoms with Crippen LogP contribution in [0, 0.1) is 0 Å². The summed E-state index contributed by atoms with van der Waals surface area (Å²) >= 11 is 0. The van der Waals surface area contributed by atoms with Gasteiger partial charge < -0.3 is 89.9 Å². The van der Waals surface area contributed by atoms with E-state index in [1.807, 2.05) is 6.08 Å². The highest BCUT2D eigenvalue weighted by Crippen LogP contribution is 2.33. The van der Waals surface area contributed by atoms with Crippen LogP contribution in [-0.2, 0) is 33.2 Å². The summed E-state index contributed by atoms with van der Waals surface area (Å²) in [5.41, 5.74) is 0. The zero-order valence-electron chi connectivity index (χ0n) is 55.0. The summed E-state index contributed by atoms with van der Waals surface area (Å²) in [5.74, 6) is -0.272. The first-order chi connectivity index (χ1) is 42.8. The molecule has 3 fully saturated rings. The van der Waals surface area contributed by atoms with E-state index in [4.69, 9.17) is 28.4 Å². The zero-order valence-corrected chi connectivity index (χ0v) is 55.0. The second-order valence-corrected chi connectivity index (χ2v) is 26.1. The lowest BCUT2D eigenvalue weighted by Gasteiger charge is -2.48. The quantitative estimate of drug-likeness (QED) is 0.0199. The molecular weight excluding hydrogens is 1130 g/mol. The van der Waals surface area contributed by atoms with Gasteiger partial charge in [-0.05, 0) is 19.3 Å². The molecule has 3 heterocycles. The van der Waals surface area contributed by atoms with Crippen molar-refractivity contribution in [1.82, 2.24) is 5.32 Å². The summed E-state index contributed by atoms with van der Waals surface area (Å²) in [6, 6.07) is -0.966. The van der Waals surface area contributed by atoms with Gasteiger partial charge in [-0.25, -0.2) is 0 Å². The van der Waals surface area contributed by atoms with Crippen LogP contribution in [0.2, 0.25) is 0 Å². The lowest BCUT2D eigenvalue weighted by atomic mass is 9.96. The highest BCUT2D eigenvalue weighted by Gasteiger charge is 2.53. The molecule has 19 nitrogen and oxygen atoms in total. The van der Waals surface area contributed by atoms with Crippen molar-refractivity contribution in [1.29, 1.82) is 0 Å². The standard InChI is InChI=1S/C69H131NO18/c1-3-5-7-9-11-13-14-15-16-17-18-19-20-21-22-23-24-25-26-27-28-29-30-31-32-33-34-35-36-37-39-41-43-45-47-57(75)70-52(53(74)46-44-42-40-38-12-10-8-6-4-2)51-83-67-63(81)60(78)65(55(49-72)85-67)88-69-64(82)61(79)66(56(50-73)86-69)87-68-62(80)59(77)58(76)54(48-71)84-68/h44,46,52-56,58-69,71-74,76-82H,3-43,45,47-51H2,1-2H3,(H,70,75)/b46-44+. The maximum absolute atomic E-state index is 13.3. The topological polar surface area (TPSA) is 307 Å². The van der Waals surface area contributed by atoms with Crippen LogP contribution in [0.3, 0.4) is 0 Å². The van der Waals surface area contributed by atoms with Gasteiger partial charge in [-0.3, -0.25) is 4.79 Å². The SMILES string of the molecule is CCCCCCCCC/C=C/C(O)C(COC1OC(CO)C(OC2OC(CO)C(OC3OC(CO)C(O)C(O)C3O)C(O)C2O)C(O)C1O)NC(=O)CCCCCCCCCCCCCCCCCCCCCCCCCCCCCCCCCCCC. The second kappa shape index (κ2) is 51.9. The lowest BCUT2D eigenvalue weighted by molar-refractivity contribution is -0.379. The summed E-state index contributed by atoms with van der Waals surface area (Å²) in [6.07, 6.45) is 31.1. The molecule has 17 atom stereocenters. The van der Waals surface area contributed by atoms with Crippen molar-refractivity contribution < 1.29 is 89.4 Å². The van der Waals surface area contributed by atoms with Crippen molar-refractivity contribution in [3.8, 4) is 0 Å². The van der Waals surface area contributed by atoms with Gasteiger partial charge in [0.25, 0.3) is 0 Å². The largest absolute Gasteiger partial charge is 0.394 e. The average molecular weight is 1260 g/mol. The zero-order chi connectivity index (χ0) is 64.0. The van der Waals surface area contributed by atoms with Crippen molar-refractivity contribution in [2.24, 2.45) is 0 Å². The molecule has 0 radical (unpaired) electrons. The Balaban J connectivity index is 1.29. The molecule has 3 saturated heterocycles. The van der Waals surface area contributed by atoms with Crippen molar-refractivity contribution in [2.45, 2.75) is 394 Å². The molecule has 19 heteroatoms. The molecule has 3 aliphatic heterocycles. The molecular formula is C69H131NO18. The maximum Gasteiger partial charge on any atom is 0.220 e. The van der Waals surface area contributed by atoms with Crippen LogP contribution >= 0.6 is 0 Å². The van der Waals surface area contributed by atoms with E-state index in [2.05, 4.69) is 19.2 Å². The van der Waals surface area contributed by atoms with Gasteiger partial charge in [0.15, 0.2) is 18.9 Å². The lowest BCUT2D eigenvalue weighted by Crippen LogP contribution is -2.66. The Morgan fingerprint density at radius 2 is 0.705 bits per heavy atom. The Labute approximate surface area is 531 Å². The molecule has 0 aromatic heterocycles. The van der Waals surface area contributed by atoms with E-state index >= 15 is 0 Å². The van der Waals surface area contributed by atoms with E-state index in [9.17, 15) is 61.0 Å². The first-order valence-corrected chi connectivity index (χ1v) is 35.9. The Kier molecular flexibility index (Phi) is 47.6. The molecule has 0 aliphatic carbocycles. The van der Waals surface area contributed by atoms with Crippen LogP contribution in [0.25, 0.3) is 0 Å². The predicted octanol–water partition coefficient (Wildman–Crippen LogP) is 9.67. The molecule has 12 N–H and O–H groups in total. The third-order valence-corrected chi connectivity index (χ3v) is 18.3. The van der Waals surface area contributed by atoms with Gasteiger partial charge in [0.05, 0.1) is 38.6 Å². The number of nitrogens with one attached hydrogen (secondary N) is 1. The number of aliphatic hydroxyl groups is 11. The molecule has 0 saturated carbocycles. The van der Waals surface area contributed by atoms with E-state index in [1.165, 1.54) is 218 Å². The van der Waals surface area contributed by atoms with Crippen LogP contribution in [0.5, 0.6) is 0 Å². The van der Waals surface area contributed by atoms with Gasteiger partial charge in [0, 0.05) is 6.42 Å². The number of allylic oxidation sites excluding steroid dienone is 1. The van der Waals surface area contributed by atoms with Crippen LogP contribution < -0.4 is 5.32 Å². The first-order valence-electron chi connectivity index (χ1n) is 35.9. The van der Waals surface area contributed by atoms with E-state index in [0.29, 0.717) is 6.42 Å². The van der Waals surface area contributed by atoms with Crippen molar-refractivity contribution in [2.75, 3.05) is 26.4 Å². The monoisotopic (exact) mass is 1260 g/mol. The number of carbonyl (C=O) groups excluding carboxylic acids is 1. The summed E-state index contributed by atoms with van der Waals surface area (Å²) in [6.45, 7) is 1.72. The highest BCUT2D eigenvalue weighted by molar-refractivity contribution is 5.76. The Hall–Kier alpha value is -1.47. The molecule has 0 aromatic rings. The van der Waals surface area contributed by atoms with Crippen molar-refractivity contribution >= 4 is 5.91 Å². The Morgan fingerprint density at radius 1 is 0.398 bits per heavy atom. The van der Waals surface area contributed by atoms with E-state index in [0.717, 1.165) is 44.9 Å². The first kappa shape index (κ1) is 80.8. The maximum atomic E-state index is 13.3. The normalized spacial score (nSPS) is 28.4. The van der Waals surface area contributed by atoms with E-state index < -0.39 is 124 Å². The fourth-order valence-electron chi connectivity index (χ4n) is 12.5. The molecule has 88 heavy (non-hydrogen) atoms. The van der Waals surface area contributed by atoms with Crippen LogP contribution in [0.15, 0.2) is 12.2 Å². The van der Waals surface area contributed by atoms with Gasteiger partial charge >= 0.3 is 0 Å². The fourth-order valence-corrected chi connectivity index (χ4v) is 12.5. The number of hydrogen-bond donors (Lipinski definition) is 12. The Morgan fingerprint density at radius 3 is 1.07 bits per heavy atom. The second-order valence-electron chi connectivity index (χ2n) is 26.1. The van der Waals surface area contributed by atoms with E-state index in [-0.39, 0.29) is 18.9 Å². The minimum Gasteiger partial charge on any atom is -0.394 e. The number of ether oxygens (including phenoxy) is 6. The summed E-state index contributed by atoms with van der Waals surface area (Å²) in [5, 5.41) is 120. The smallest absolute Gasteiger partial charge is 0.220 e. The van der Waals surface area contributed by atoms with Crippen LogP contribution in [0.4, 0.5) is 0 Å². The number of hydrogen-bond acceptors (Lipinski definition) is 18. The number of amides is 1. The Bertz CT molecular complexity index is 1650. The molecule has 520 valence electrons. The minimum absolute atomic E-state index is 0.249. The fraction of sp³-hybridized carbons (Fsp3) is 0.957. The van der Waals surface area contributed by atoms with Gasteiger partial charge in [-0.2, -0.15) is 0 Å². The number of aliphatic hydroxyl groups excluding tert-OH is 11. The van der Waals surface area contributed by atoms with Crippen LogP contribution in [0.1, 0.15) is 290 Å². The number of carbonyl (C=O) groups is 1. The van der Waals surface area contributed by atoms with Crippen molar-refractivity contribution in [3.05, 3.63) is 12.2 Å². The third-order valence-electron chi connectivity index (χ3n) is 18.3. The molecule has 1 amide bonds. The average Bonchev–Trinajstić information content (AvgIpc) is 2.01. The summed E-state index contributed by atoms with van der Waals surface area (Å²) in [4.78, 5) is 13.3. The highest BCUT2D eigenvalue weighted by atomic mass is 16.8. The summed E-state index contributed by atoms with van der Waals surface area (Å²) < 4.78 is 34.3. The molecule has 0 aromatic carbocycles. The van der Waals surface area contributed by atoms with Gasteiger partial charge in [0.1, 0.15) is 73.2 Å².